The number of hydrogen-bond donors (Lipinski definition) is 0. The van der Waals surface area contributed by atoms with Crippen molar-refractivity contribution in [2.75, 3.05) is 0 Å². The van der Waals surface area contributed by atoms with Gasteiger partial charge in [0.2, 0.25) is 0 Å². The third kappa shape index (κ3) is 8.15. The fourth-order valence-electron chi connectivity index (χ4n) is 2.94. The van der Waals surface area contributed by atoms with Gasteiger partial charge >= 0.3 is 71.4 Å². The zero-order valence-corrected chi connectivity index (χ0v) is 21.0. The number of benzene rings is 3. The van der Waals surface area contributed by atoms with Gasteiger partial charge in [-0.3, -0.25) is 6.08 Å². The van der Waals surface area contributed by atoms with Crippen molar-refractivity contribution >= 4 is 27.7 Å². The first-order chi connectivity index (χ1) is 13.4. The Morgan fingerprint density at radius 2 is 1.34 bits per heavy atom. The molecule has 145 valence electrons. The first kappa shape index (κ1) is 25.7. The van der Waals surface area contributed by atoms with Crippen LogP contribution in [0.4, 0.5) is 0 Å². The van der Waals surface area contributed by atoms with E-state index in [1.807, 2.05) is 12.2 Å². The van der Waals surface area contributed by atoms with Crippen molar-refractivity contribution in [1.82, 2.24) is 0 Å². The molecule has 4 aromatic carbocycles. The Labute approximate surface area is 201 Å². The second-order valence-electron chi connectivity index (χ2n) is 6.16. The van der Waals surface area contributed by atoms with E-state index < -0.39 is 0 Å². The van der Waals surface area contributed by atoms with Gasteiger partial charge in [0.25, 0.3) is 0 Å². The quantitative estimate of drug-likeness (QED) is 0.270. The summed E-state index contributed by atoms with van der Waals surface area (Å²) in [5.41, 5.74) is 1.48. The summed E-state index contributed by atoms with van der Waals surface area (Å²) in [6, 6.07) is 31.2. The molecular weight excluding hydrogens is 490 g/mol. The molecule has 0 heterocycles. The van der Waals surface area contributed by atoms with Gasteiger partial charge in [0.1, 0.15) is 0 Å². The first-order valence-electron chi connectivity index (χ1n) is 9.07. The second-order valence-corrected chi connectivity index (χ2v) is 9.48. The zero-order chi connectivity index (χ0) is 18.7. The molecule has 29 heavy (non-hydrogen) atoms. The van der Waals surface area contributed by atoms with Crippen molar-refractivity contribution in [2.24, 2.45) is 0 Å². The number of rotatable bonds is 2. The van der Waals surface area contributed by atoms with Gasteiger partial charge in [0.05, 0.1) is 0 Å². The smallest absolute Gasteiger partial charge is 0.0771 e. The van der Waals surface area contributed by atoms with Crippen LogP contribution in [0.25, 0.3) is 21.5 Å². The summed E-state index contributed by atoms with van der Waals surface area (Å²) in [5, 5.41) is 5.39. The molecule has 0 spiro atoms. The van der Waals surface area contributed by atoms with Crippen LogP contribution >= 0.6 is 0 Å². The number of allylic oxidation sites excluding steroid dienone is 4. The second kappa shape index (κ2) is 14.6. The molecule has 1 radical (unpaired) electrons. The molecular formula is C25H21Cl2SiZr-2. The Morgan fingerprint density at radius 3 is 1.79 bits per heavy atom. The molecule has 0 N–H and O–H groups in total. The summed E-state index contributed by atoms with van der Waals surface area (Å²) in [4.78, 5) is 0. The standard InChI is InChI=1S/C13H9.C7H7Si.C5H5.2ClH.Zr/c1-3-7-12-10(5-1)9-11-6-2-4-8-13(11)12;8-6-7-4-2-1-3-5-7;1-2-4-5-3-1;;;/h1-9H;1-5H,6H2;1-3H,4H2;2*1H;/q-1;;-1;;;+2/p-2. The van der Waals surface area contributed by atoms with Gasteiger partial charge in [-0.15, -0.1) is 46.2 Å². The molecule has 1 aliphatic carbocycles. The van der Waals surface area contributed by atoms with Crippen LogP contribution in [0.15, 0.2) is 103 Å². The van der Waals surface area contributed by atoms with E-state index in [1.54, 1.807) is 23.3 Å². The van der Waals surface area contributed by atoms with Crippen molar-refractivity contribution in [2.45, 2.75) is 12.5 Å². The fourth-order valence-corrected chi connectivity index (χ4v) is 4.89. The Kier molecular flexibility index (Phi) is 13.0. The van der Waals surface area contributed by atoms with Crippen molar-refractivity contribution < 1.29 is 48.1 Å². The monoisotopic (exact) mass is 509 g/mol. The normalized spacial score (nSPS) is 10.8. The van der Waals surface area contributed by atoms with E-state index in [9.17, 15) is 0 Å². The Hall–Kier alpha value is -1.31. The van der Waals surface area contributed by atoms with E-state index >= 15 is 0 Å². The molecule has 0 atom stereocenters. The van der Waals surface area contributed by atoms with Gasteiger partial charge in [0, 0.05) is 0 Å². The van der Waals surface area contributed by atoms with Crippen LogP contribution in [0.1, 0.15) is 12.0 Å². The van der Waals surface area contributed by atoms with Crippen LogP contribution in [0.3, 0.4) is 0 Å². The van der Waals surface area contributed by atoms with Crippen molar-refractivity contribution in [3.05, 3.63) is 115 Å². The van der Waals surface area contributed by atoms with Gasteiger partial charge < -0.3 is 24.8 Å². The van der Waals surface area contributed by atoms with Crippen molar-refractivity contribution in [3.8, 4) is 0 Å². The molecule has 0 aliphatic heterocycles. The average molecular weight is 512 g/mol. The minimum atomic E-state index is 0. The van der Waals surface area contributed by atoms with Crippen LogP contribution in [0, 0.1) is 6.08 Å². The van der Waals surface area contributed by atoms with Crippen LogP contribution in [0.5, 0.6) is 0 Å². The molecule has 4 heteroatoms. The maximum Gasteiger partial charge on any atom is -0.0771 e. The largest absolute Gasteiger partial charge is 0.126 e. The summed E-state index contributed by atoms with van der Waals surface area (Å²) in [7, 11) is 0. The fraction of sp³-hybridized carbons (Fsp3) is 0.0800. The number of hydrogen-bond acceptors (Lipinski definition) is 0. The minimum Gasteiger partial charge on any atom is -0.126 e. The van der Waals surface area contributed by atoms with Gasteiger partial charge in [-0.1, -0.05) is 36.4 Å². The van der Waals surface area contributed by atoms with Crippen LogP contribution < -0.4 is 24.8 Å². The molecule has 0 fully saturated rings. The maximum atomic E-state index is 2.99. The zero-order valence-electron chi connectivity index (χ0n) is 16.0. The van der Waals surface area contributed by atoms with Crippen LogP contribution in [0.2, 0.25) is 0 Å². The number of fused-ring (bicyclic) bond motifs is 3. The topological polar surface area (TPSA) is 0 Å². The molecule has 0 bridgehead atoms. The summed E-state index contributed by atoms with van der Waals surface area (Å²) in [6.07, 6.45) is 11.1. The van der Waals surface area contributed by atoms with E-state index in [1.165, 1.54) is 33.2 Å². The molecule has 0 saturated carbocycles. The maximum absolute atomic E-state index is 2.99. The van der Waals surface area contributed by atoms with E-state index in [0.29, 0.717) is 0 Å². The minimum absolute atomic E-state index is 0. The predicted molar refractivity (Wildman–Crippen MR) is 115 cm³/mol. The molecule has 0 unspecified atom stereocenters. The van der Waals surface area contributed by atoms with E-state index in [-0.39, 0.29) is 24.8 Å². The summed E-state index contributed by atoms with van der Waals surface area (Å²) >= 11 is 1.66. The summed E-state index contributed by atoms with van der Waals surface area (Å²) in [6.45, 7) is 0. The van der Waals surface area contributed by atoms with E-state index in [0.717, 1.165) is 12.6 Å². The average Bonchev–Trinajstić information content (AvgIpc) is 3.41. The third-order valence-corrected chi connectivity index (χ3v) is 6.13. The molecule has 0 saturated heterocycles. The molecule has 5 rings (SSSR count). The Bertz CT molecular complexity index is 992. The Balaban J connectivity index is 0.000000231. The van der Waals surface area contributed by atoms with Gasteiger partial charge in [0.15, 0.2) is 0 Å². The van der Waals surface area contributed by atoms with Crippen LogP contribution in [-0.2, 0) is 29.4 Å². The predicted octanol–water partition coefficient (Wildman–Crippen LogP) is 0.378. The Morgan fingerprint density at radius 1 is 0.793 bits per heavy atom. The van der Waals surface area contributed by atoms with Gasteiger partial charge in [-0.05, 0) is 0 Å². The molecule has 1 aliphatic rings. The van der Waals surface area contributed by atoms with Gasteiger partial charge in [-0.25, -0.2) is 12.2 Å². The molecule has 0 aromatic heterocycles. The molecule has 0 amide bonds. The van der Waals surface area contributed by atoms with Crippen molar-refractivity contribution in [3.63, 3.8) is 0 Å². The van der Waals surface area contributed by atoms with Crippen molar-refractivity contribution in [1.29, 1.82) is 0 Å². The third-order valence-electron chi connectivity index (χ3n) is 4.24. The van der Waals surface area contributed by atoms with Crippen LogP contribution in [-0.4, -0.2) is 6.16 Å². The van der Waals surface area contributed by atoms with E-state index in [4.69, 9.17) is 0 Å². The summed E-state index contributed by atoms with van der Waals surface area (Å²) < 4.78 is 0. The molecule has 4 aromatic rings. The number of halogens is 2. The van der Waals surface area contributed by atoms with E-state index in [2.05, 4.69) is 97.1 Å². The van der Waals surface area contributed by atoms with Gasteiger partial charge in [-0.2, -0.15) is 6.08 Å². The molecule has 0 nitrogen and oxygen atoms in total. The SMILES string of the molecule is [C-]1=CC=CC1.[Cl-].[Cl-].[Zr+2]=[Si]Cc1ccccc1.c1ccc2c(c1)[cH-]c1ccccc12. The summed E-state index contributed by atoms with van der Waals surface area (Å²) in [5.74, 6) is 0. The first-order valence-corrected chi connectivity index (χ1v) is 14.0.